The van der Waals surface area contributed by atoms with Crippen molar-refractivity contribution in [1.82, 2.24) is 4.31 Å². The van der Waals surface area contributed by atoms with Crippen LogP contribution in [0.3, 0.4) is 0 Å². The molecule has 0 aromatic heterocycles. The van der Waals surface area contributed by atoms with Crippen molar-refractivity contribution in [2.75, 3.05) is 26.3 Å². The Morgan fingerprint density at radius 1 is 1.15 bits per heavy atom. The molecule has 0 spiro atoms. The van der Waals surface area contributed by atoms with Crippen LogP contribution in [0.5, 0.6) is 0 Å². The predicted molar refractivity (Wildman–Crippen MR) is 98.7 cm³/mol. The van der Waals surface area contributed by atoms with Crippen LogP contribution in [0.4, 0.5) is 0 Å². The van der Waals surface area contributed by atoms with E-state index in [1.165, 1.54) is 10.4 Å². The number of morpholine rings is 1. The van der Waals surface area contributed by atoms with Crippen molar-refractivity contribution >= 4 is 45.0 Å². The number of benzene rings is 1. The first kappa shape index (κ1) is 20.5. The standard InChI is InChI=1S/C17H19Cl2NO6S/c18-12-10-13(19)16(27(23,24)20-5-7-25-8-6-20)9-11(12)17(22)26-15-4-2-1-3-14(15)21/h9-10,15H,1-8H2. The lowest BCUT2D eigenvalue weighted by atomic mass is 9.96. The molecular weight excluding hydrogens is 417 g/mol. The van der Waals surface area contributed by atoms with Crippen LogP contribution in [0.1, 0.15) is 36.0 Å². The molecule has 7 nitrogen and oxygen atoms in total. The number of ketones is 1. The van der Waals surface area contributed by atoms with Crippen molar-refractivity contribution in [3.63, 3.8) is 0 Å². The Hall–Kier alpha value is -1.19. The Labute approximate surface area is 167 Å². The van der Waals surface area contributed by atoms with Crippen LogP contribution in [0, 0.1) is 0 Å². The van der Waals surface area contributed by atoms with Gasteiger partial charge in [-0.1, -0.05) is 23.2 Å². The topological polar surface area (TPSA) is 90.0 Å². The van der Waals surface area contributed by atoms with E-state index >= 15 is 0 Å². The molecule has 0 amide bonds. The number of Topliss-reactive ketones (excluding diaryl/α,β-unsaturated/α-hetero) is 1. The number of halogens is 2. The number of carbonyl (C=O) groups is 2. The Bertz CT molecular complexity index is 851. The van der Waals surface area contributed by atoms with E-state index in [1.807, 2.05) is 0 Å². The van der Waals surface area contributed by atoms with Gasteiger partial charge >= 0.3 is 5.97 Å². The number of esters is 1. The van der Waals surface area contributed by atoms with Gasteiger partial charge in [-0.25, -0.2) is 13.2 Å². The SMILES string of the molecule is O=C(OC1CCCCC1=O)c1cc(S(=O)(=O)N2CCOCC2)c(Cl)cc1Cl. The summed E-state index contributed by atoms with van der Waals surface area (Å²) in [6, 6.07) is 2.32. The van der Waals surface area contributed by atoms with Crippen LogP contribution in [0.15, 0.2) is 17.0 Å². The highest BCUT2D eigenvalue weighted by Crippen LogP contribution is 2.32. The van der Waals surface area contributed by atoms with Crippen LogP contribution >= 0.6 is 23.2 Å². The lowest BCUT2D eigenvalue weighted by molar-refractivity contribution is -0.129. The van der Waals surface area contributed by atoms with E-state index in [-0.39, 0.29) is 52.6 Å². The van der Waals surface area contributed by atoms with Crippen LogP contribution in [-0.4, -0.2) is 56.9 Å². The summed E-state index contributed by atoms with van der Waals surface area (Å²) in [5.41, 5.74) is -0.133. The largest absolute Gasteiger partial charge is 0.451 e. The van der Waals surface area contributed by atoms with E-state index in [0.29, 0.717) is 12.8 Å². The van der Waals surface area contributed by atoms with E-state index in [0.717, 1.165) is 18.9 Å². The molecule has 1 aliphatic carbocycles. The van der Waals surface area contributed by atoms with Crippen molar-refractivity contribution in [2.45, 2.75) is 36.7 Å². The minimum absolute atomic E-state index is 0.0332. The van der Waals surface area contributed by atoms with Crippen LogP contribution in [-0.2, 0) is 24.3 Å². The number of hydrogen-bond donors (Lipinski definition) is 0. The van der Waals surface area contributed by atoms with Gasteiger partial charge in [0.15, 0.2) is 11.9 Å². The minimum Gasteiger partial charge on any atom is -0.451 e. The third-order valence-electron chi connectivity index (χ3n) is 4.58. The maximum absolute atomic E-state index is 12.9. The molecular formula is C17H19Cl2NO6S. The number of sulfonamides is 1. The molecule has 148 valence electrons. The van der Waals surface area contributed by atoms with Gasteiger partial charge in [-0.3, -0.25) is 4.79 Å². The Morgan fingerprint density at radius 2 is 1.85 bits per heavy atom. The average molecular weight is 436 g/mol. The van der Waals surface area contributed by atoms with Crippen molar-refractivity contribution in [3.8, 4) is 0 Å². The molecule has 1 saturated heterocycles. The summed E-state index contributed by atoms with van der Waals surface area (Å²) in [7, 11) is -3.92. The molecule has 0 N–H and O–H groups in total. The molecule has 0 radical (unpaired) electrons. The lowest BCUT2D eigenvalue weighted by Crippen LogP contribution is -2.40. The van der Waals surface area contributed by atoms with E-state index < -0.39 is 22.1 Å². The molecule has 0 bridgehead atoms. The quantitative estimate of drug-likeness (QED) is 0.675. The molecule has 2 aliphatic rings. The third-order valence-corrected chi connectivity index (χ3v) is 7.25. The Morgan fingerprint density at radius 3 is 2.52 bits per heavy atom. The zero-order valence-corrected chi connectivity index (χ0v) is 16.8. The molecule has 1 aromatic rings. The van der Waals surface area contributed by atoms with Gasteiger partial charge in [0.25, 0.3) is 0 Å². The first-order chi connectivity index (χ1) is 12.8. The maximum Gasteiger partial charge on any atom is 0.340 e. The Kier molecular flexibility index (Phi) is 6.43. The van der Waals surface area contributed by atoms with E-state index in [4.69, 9.17) is 32.7 Å². The molecule has 1 aliphatic heterocycles. The second kappa shape index (κ2) is 8.45. The third kappa shape index (κ3) is 4.46. The number of rotatable bonds is 4. The normalized spacial score (nSPS) is 21.9. The molecule has 1 aromatic carbocycles. The predicted octanol–water partition coefficient (Wildman–Crippen LogP) is 2.68. The van der Waals surface area contributed by atoms with Gasteiger partial charge in [0.1, 0.15) is 4.90 Å². The number of carbonyl (C=O) groups excluding carboxylic acids is 2. The van der Waals surface area contributed by atoms with E-state index in [9.17, 15) is 18.0 Å². The molecule has 2 fully saturated rings. The van der Waals surface area contributed by atoms with Crippen molar-refractivity contribution < 1.29 is 27.5 Å². The van der Waals surface area contributed by atoms with Crippen molar-refractivity contribution in [1.29, 1.82) is 0 Å². The highest BCUT2D eigenvalue weighted by molar-refractivity contribution is 7.89. The summed E-state index contributed by atoms with van der Waals surface area (Å²) < 4.78 is 37.4. The van der Waals surface area contributed by atoms with Crippen molar-refractivity contribution in [2.24, 2.45) is 0 Å². The van der Waals surface area contributed by atoms with Gasteiger partial charge in [-0.05, 0) is 31.4 Å². The summed E-state index contributed by atoms with van der Waals surface area (Å²) in [5, 5.41) is -0.119. The first-order valence-corrected chi connectivity index (χ1v) is 10.8. The maximum atomic E-state index is 12.9. The molecule has 1 unspecified atom stereocenters. The van der Waals surface area contributed by atoms with Gasteiger partial charge in [-0.2, -0.15) is 4.31 Å². The van der Waals surface area contributed by atoms with Crippen LogP contribution in [0.25, 0.3) is 0 Å². The summed E-state index contributed by atoms with van der Waals surface area (Å²) in [6.07, 6.45) is 1.56. The number of ether oxygens (including phenoxy) is 2. The summed E-state index contributed by atoms with van der Waals surface area (Å²) in [5.74, 6) is -0.976. The fraction of sp³-hybridized carbons (Fsp3) is 0.529. The van der Waals surface area contributed by atoms with Gasteiger partial charge in [0.2, 0.25) is 10.0 Å². The molecule has 1 heterocycles. The van der Waals surface area contributed by atoms with E-state index in [2.05, 4.69) is 0 Å². The second-order valence-electron chi connectivity index (χ2n) is 6.38. The fourth-order valence-electron chi connectivity index (χ4n) is 3.08. The zero-order chi connectivity index (χ0) is 19.6. The summed E-state index contributed by atoms with van der Waals surface area (Å²) >= 11 is 12.2. The van der Waals surface area contributed by atoms with Crippen molar-refractivity contribution in [3.05, 3.63) is 27.7 Å². The van der Waals surface area contributed by atoms with Gasteiger partial charge < -0.3 is 9.47 Å². The monoisotopic (exact) mass is 435 g/mol. The van der Waals surface area contributed by atoms with Crippen LogP contribution in [0.2, 0.25) is 10.0 Å². The summed E-state index contributed by atoms with van der Waals surface area (Å²) in [4.78, 5) is 24.2. The zero-order valence-electron chi connectivity index (χ0n) is 14.4. The Balaban J connectivity index is 1.89. The molecule has 3 rings (SSSR count). The smallest absolute Gasteiger partial charge is 0.340 e. The highest BCUT2D eigenvalue weighted by Gasteiger charge is 2.32. The van der Waals surface area contributed by atoms with Gasteiger partial charge in [0, 0.05) is 19.5 Å². The first-order valence-electron chi connectivity index (χ1n) is 8.61. The van der Waals surface area contributed by atoms with Gasteiger partial charge in [-0.15, -0.1) is 0 Å². The minimum atomic E-state index is -3.92. The highest BCUT2D eigenvalue weighted by atomic mass is 35.5. The van der Waals surface area contributed by atoms with Crippen LogP contribution < -0.4 is 0 Å². The molecule has 1 atom stereocenters. The lowest BCUT2D eigenvalue weighted by Gasteiger charge is -2.26. The second-order valence-corrected chi connectivity index (χ2v) is 9.11. The molecule has 27 heavy (non-hydrogen) atoms. The fourth-order valence-corrected chi connectivity index (χ4v) is 5.31. The average Bonchev–Trinajstić information content (AvgIpc) is 2.64. The molecule has 1 saturated carbocycles. The number of nitrogens with zero attached hydrogens (tertiary/aromatic N) is 1. The van der Waals surface area contributed by atoms with E-state index in [1.54, 1.807) is 0 Å². The molecule has 10 heteroatoms. The number of hydrogen-bond acceptors (Lipinski definition) is 6. The summed E-state index contributed by atoms with van der Waals surface area (Å²) in [6.45, 7) is 0.946. The van der Waals surface area contributed by atoms with Gasteiger partial charge in [0.05, 0.1) is 28.8 Å².